The van der Waals surface area contributed by atoms with Gasteiger partial charge >= 0.3 is 0 Å². The molecule has 9 heteroatoms. The number of carbonyl (C=O) groups is 3. The molecule has 0 aromatic heterocycles. The van der Waals surface area contributed by atoms with Crippen LogP contribution in [0.2, 0.25) is 0 Å². The Kier molecular flexibility index (Phi) is 4.87. The van der Waals surface area contributed by atoms with Crippen molar-refractivity contribution >= 4 is 23.4 Å². The van der Waals surface area contributed by atoms with Gasteiger partial charge in [0, 0.05) is 17.3 Å². The third-order valence-corrected chi connectivity index (χ3v) is 7.45. The second-order valence-electron chi connectivity index (χ2n) is 9.48. The number of anilines is 1. The van der Waals surface area contributed by atoms with E-state index in [-0.39, 0.29) is 24.5 Å². The van der Waals surface area contributed by atoms with Gasteiger partial charge in [-0.25, -0.2) is 4.39 Å². The first-order chi connectivity index (χ1) is 17.3. The van der Waals surface area contributed by atoms with E-state index in [1.807, 2.05) is 30.3 Å². The highest BCUT2D eigenvalue weighted by Gasteiger charge is 2.70. The first-order valence-corrected chi connectivity index (χ1v) is 11.6. The Morgan fingerprint density at radius 2 is 1.67 bits per heavy atom. The quantitative estimate of drug-likeness (QED) is 0.332. The number of carbonyl (C=O) groups excluding carboxylic acids is 3. The first kappa shape index (κ1) is 22.2. The molecule has 0 aliphatic carbocycles. The van der Waals surface area contributed by atoms with Gasteiger partial charge in [0.2, 0.25) is 17.7 Å². The molecule has 0 bridgehead atoms. The van der Waals surface area contributed by atoms with E-state index in [1.165, 1.54) is 35.2 Å². The summed E-state index contributed by atoms with van der Waals surface area (Å²) in [6.07, 6.45) is 0.187. The van der Waals surface area contributed by atoms with Crippen molar-refractivity contribution in [1.82, 2.24) is 10.2 Å². The minimum Gasteiger partial charge on any atom is -0.504 e. The molecule has 3 amide bonds. The van der Waals surface area contributed by atoms with Crippen LogP contribution in [0.4, 0.5) is 10.1 Å². The fourth-order valence-electron chi connectivity index (χ4n) is 5.88. The number of fused-ring (bicyclic) bond motifs is 4. The van der Waals surface area contributed by atoms with E-state index in [1.54, 1.807) is 6.07 Å². The van der Waals surface area contributed by atoms with Crippen LogP contribution in [0, 0.1) is 17.7 Å². The average Bonchev–Trinajstić information content (AvgIpc) is 3.43. The molecule has 3 aliphatic rings. The molecule has 2 fully saturated rings. The van der Waals surface area contributed by atoms with Crippen molar-refractivity contribution in [3.05, 3.63) is 89.2 Å². The van der Waals surface area contributed by atoms with E-state index >= 15 is 0 Å². The average molecular weight is 487 g/mol. The molecular weight excluding hydrogens is 465 g/mol. The summed E-state index contributed by atoms with van der Waals surface area (Å²) in [4.78, 5) is 42.2. The van der Waals surface area contributed by atoms with Crippen molar-refractivity contribution in [1.29, 1.82) is 0 Å². The van der Waals surface area contributed by atoms with Crippen LogP contribution in [0.3, 0.4) is 0 Å². The smallest absolute Gasteiger partial charge is 0.250 e. The summed E-state index contributed by atoms with van der Waals surface area (Å²) in [6, 6.07) is 16.6. The van der Waals surface area contributed by atoms with Crippen LogP contribution < -0.4 is 10.6 Å². The van der Waals surface area contributed by atoms with E-state index in [4.69, 9.17) is 0 Å². The molecular formula is C27H22FN3O5. The molecule has 3 aromatic rings. The minimum absolute atomic E-state index is 0.0614. The van der Waals surface area contributed by atoms with Crippen LogP contribution in [0.1, 0.15) is 16.7 Å². The van der Waals surface area contributed by atoms with E-state index < -0.39 is 47.0 Å². The fourth-order valence-corrected chi connectivity index (χ4v) is 5.88. The van der Waals surface area contributed by atoms with Gasteiger partial charge in [0.25, 0.3) is 0 Å². The van der Waals surface area contributed by atoms with Gasteiger partial charge in [-0.3, -0.25) is 24.6 Å². The molecule has 3 heterocycles. The van der Waals surface area contributed by atoms with Crippen LogP contribution in [0.5, 0.6) is 11.5 Å². The summed E-state index contributed by atoms with van der Waals surface area (Å²) < 4.78 is 14.4. The third kappa shape index (κ3) is 3.12. The number of hydrogen-bond acceptors (Lipinski definition) is 6. The zero-order valence-electron chi connectivity index (χ0n) is 18.9. The first-order valence-electron chi connectivity index (χ1n) is 11.6. The Morgan fingerprint density at radius 1 is 0.889 bits per heavy atom. The molecule has 3 aliphatic heterocycles. The van der Waals surface area contributed by atoms with Crippen molar-refractivity contribution in [2.75, 3.05) is 5.32 Å². The molecule has 6 rings (SSSR count). The summed E-state index contributed by atoms with van der Waals surface area (Å²) in [5, 5.41) is 25.6. The lowest BCUT2D eigenvalue weighted by atomic mass is 9.76. The van der Waals surface area contributed by atoms with Gasteiger partial charge in [0.1, 0.15) is 11.4 Å². The number of halogens is 1. The van der Waals surface area contributed by atoms with Gasteiger partial charge < -0.3 is 15.5 Å². The molecule has 0 saturated carbocycles. The van der Waals surface area contributed by atoms with Crippen molar-refractivity contribution in [3.8, 4) is 11.5 Å². The number of benzene rings is 3. The summed E-state index contributed by atoms with van der Waals surface area (Å²) in [5.41, 5.74) is 0.421. The number of aromatic hydroxyl groups is 2. The molecule has 2 saturated heterocycles. The van der Waals surface area contributed by atoms with Crippen molar-refractivity contribution < 1.29 is 29.0 Å². The number of phenolic OH excluding ortho intramolecular Hbond substituents is 2. The van der Waals surface area contributed by atoms with Crippen LogP contribution in [0.25, 0.3) is 0 Å². The predicted molar refractivity (Wildman–Crippen MR) is 126 cm³/mol. The largest absolute Gasteiger partial charge is 0.504 e. The van der Waals surface area contributed by atoms with Crippen molar-refractivity contribution in [3.63, 3.8) is 0 Å². The maximum absolute atomic E-state index is 14.4. The summed E-state index contributed by atoms with van der Waals surface area (Å²) in [6.45, 7) is 0.0614. The molecule has 3 aromatic carbocycles. The number of rotatable bonds is 4. The SMILES string of the molecule is O=C1[C@@H]2[C@H](Cc3ccc(O)c(O)c3)N[C@]3(C(=O)Nc4ccc(F)cc43)[C@@H]2C(=O)N1Cc1ccccc1. The lowest BCUT2D eigenvalue weighted by Gasteiger charge is -2.29. The lowest BCUT2D eigenvalue weighted by molar-refractivity contribution is -0.143. The Hall–Kier alpha value is -4.24. The summed E-state index contributed by atoms with van der Waals surface area (Å²) in [5.74, 6) is -4.56. The van der Waals surface area contributed by atoms with Crippen LogP contribution in [0.15, 0.2) is 66.7 Å². The molecule has 0 unspecified atom stereocenters. The standard InChI is InChI=1S/C27H22FN3O5/c28-16-7-8-18-17(12-16)27(26(36)29-18)23-22(19(30-27)10-15-6-9-20(32)21(33)11-15)24(34)31(25(23)35)13-14-4-2-1-3-5-14/h1-9,11-12,19,22-23,30,32-33H,10,13H2,(H,29,36)/t19-,22+,23-,27-/m0/s1. The number of amides is 3. The van der Waals surface area contributed by atoms with Gasteiger partial charge in [-0.05, 0) is 47.9 Å². The summed E-state index contributed by atoms with van der Waals surface area (Å²) in [7, 11) is 0. The Labute approximate surface area is 205 Å². The van der Waals surface area contributed by atoms with Gasteiger partial charge in [0.15, 0.2) is 11.5 Å². The summed E-state index contributed by atoms with van der Waals surface area (Å²) >= 11 is 0. The Balaban J connectivity index is 1.45. The van der Waals surface area contributed by atoms with E-state index in [0.717, 1.165) is 5.56 Å². The second-order valence-corrected chi connectivity index (χ2v) is 9.48. The number of likely N-dealkylation sites (tertiary alicyclic amines) is 1. The highest BCUT2D eigenvalue weighted by Crippen LogP contribution is 2.53. The zero-order valence-corrected chi connectivity index (χ0v) is 18.9. The van der Waals surface area contributed by atoms with E-state index in [2.05, 4.69) is 10.6 Å². The van der Waals surface area contributed by atoms with Gasteiger partial charge in [-0.15, -0.1) is 0 Å². The Morgan fingerprint density at radius 3 is 2.42 bits per heavy atom. The molecule has 0 radical (unpaired) electrons. The normalized spacial score (nSPS) is 26.4. The topological polar surface area (TPSA) is 119 Å². The van der Waals surface area contributed by atoms with Crippen LogP contribution >= 0.6 is 0 Å². The van der Waals surface area contributed by atoms with Crippen LogP contribution in [-0.2, 0) is 32.9 Å². The third-order valence-electron chi connectivity index (χ3n) is 7.45. The van der Waals surface area contributed by atoms with Gasteiger partial charge in [-0.2, -0.15) is 0 Å². The van der Waals surface area contributed by atoms with Gasteiger partial charge in [-0.1, -0.05) is 36.4 Å². The molecule has 4 N–H and O–H groups in total. The fraction of sp³-hybridized carbons (Fsp3) is 0.222. The Bertz CT molecular complexity index is 1430. The number of phenols is 2. The lowest BCUT2D eigenvalue weighted by Crippen LogP contribution is -2.53. The van der Waals surface area contributed by atoms with Gasteiger partial charge in [0.05, 0.1) is 18.4 Å². The molecule has 4 atom stereocenters. The van der Waals surface area contributed by atoms with E-state index in [0.29, 0.717) is 16.8 Å². The number of nitrogens with zero attached hydrogens (tertiary/aromatic N) is 1. The maximum atomic E-state index is 14.4. The molecule has 36 heavy (non-hydrogen) atoms. The molecule has 1 spiro atoms. The number of imide groups is 1. The number of nitrogens with one attached hydrogen (secondary N) is 2. The van der Waals surface area contributed by atoms with Crippen molar-refractivity contribution in [2.45, 2.75) is 24.5 Å². The predicted octanol–water partition coefficient (Wildman–Crippen LogP) is 2.40. The number of hydrogen-bond donors (Lipinski definition) is 4. The van der Waals surface area contributed by atoms with E-state index in [9.17, 15) is 29.0 Å². The van der Waals surface area contributed by atoms with Crippen LogP contribution in [-0.4, -0.2) is 38.9 Å². The minimum atomic E-state index is -1.62. The monoisotopic (exact) mass is 487 g/mol. The zero-order chi connectivity index (χ0) is 25.2. The molecule has 8 nitrogen and oxygen atoms in total. The van der Waals surface area contributed by atoms with Crippen molar-refractivity contribution in [2.24, 2.45) is 11.8 Å². The highest BCUT2D eigenvalue weighted by molar-refractivity contribution is 6.15. The highest BCUT2D eigenvalue weighted by atomic mass is 19.1. The molecule has 182 valence electrons. The second kappa shape index (κ2) is 7.89. The maximum Gasteiger partial charge on any atom is 0.250 e.